The Labute approximate surface area is 210 Å². The maximum atomic E-state index is 10.8. The van der Waals surface area contributed by atoms with Gasteiger partial charge in [-0.25, -0.2) is 4.98 Å². The van der Waals surface area contributed by atoms with Crippen LogP contribution in [0.4, 0.5) is 5.13 Å². The van der Waals surface area contributed by atoms with Gasteiger partial charge in [0.05, 0.1) is 5.69 Å². The zero-order valence-corrected chi connectivity index (χ0v) is 21.0. The number of pyridine rings is 1. The number of anilines is 1. The van der Waals surface area contributed by atoms with E-state index in [0.29, 0.717) is 10.9 Å². The summed E-state index contributed by atoms with van der Waals surface area (Å²) in [4.78, 5) is 19.2. The number of nitrogens with one attached hydrogen (secondary N) is 1. The SMILES string of the molecule is CC(=O)Nc1nc(-c2ccccn2)cs1.Cc1cccc(C2(c3ccc(O)cc3)CCCCC2)c1. The van der Waals surface area contributed by atoms with Crippen LogP contribution < -0.4 is 5.32 Å². The Hall–Kier alpha value is -3.51. The van der Waals surface area contributed by atoms with Crippen molar-refractivity contribution >= 4 is 22.4 Å². The van der Waals surface area contributed by atoms with Crippen molar-refractivity contribution in [2.75, 3.05) is 5.32 Å². The summed E-state index contributed by atoms with van der Waals surface area (Å²) in [5.74, 6) is 0.237. The summed E-state index contributed by atoms with van der Waals surface area (Å²) in [6.45, 7) is 3.62. The molecule has 5 rings (SSSR count). The van der Waals surface area contributed by atoms with E-state index < -0.39 is 0 Å². The molecule has 2 aromatic heterocycles. The predicted molar refractivity (Wildman–Crippen MR) is 143 cm³/mol. The molecule has 1 saturated carbocycles. The molecule has 1 fully saturated rings. The van der Waals surface area contributed by atoms with E-state index in [9.17, 15) is 9.90 Å². The van der Waals surface area contributed by atoms with Crippen molar-refractivity contribution in [3.05, 3.63) is 95.0 Å². The van der Waals surface area contributed by atoms with Crippen LogP contribution in [0, 0.1) is 6.92 Å². The monoisotopic (exact) mass is 485 g/mol. The summed E-state index contributed by atoms with van der Waals surface area (Å²) < 4.78 is 0. The van der Waals surface area contributed by atoms with Crippen LogP contribution in [0.15, 0.2) is 78.3 Å². The smallest absolute Gasteiger partial charge is 0.223 e. The highest BCUT2D eigenvalue weighted by Crippen LogP contribution is 2.45. The van der Waals surface area contributed by atoms with Crippen molar-refractivity contribution in [1.29, 1.82) is 0 Å². The van der Waals surface area contributed by atoms with Gasteiger partial charge in [-0.15, -0.1) is 11.3 Å². The number of rotatable bonds is 4. The fraction of sp³-hybridized carbons (Fsp3) is 0.276. The first-order valence-corrected chi connectivity index (χ1v) is 12.9. The average molecular weight is 486 g/mol. The molecule has 2 N–H and O–H groups in total. The van der Waals surface area contributed by atoms with Crippen molar-refractivity contribution in [3.8, 4) is 17.1 Å². The van der Waals surface area contributed by atoms with E-state index in [2.05, 4.69) is 58.6 Å². The lowest BCUT2D eigenvalue weighted by Crippen LogP contribution is -2.30. The lowest BCUT2D eigenvalue weighted by Gasteiger charge is -2.39. The summed E-state index contributed by atoms with van der Waals surface area (Å²) in [5, 5.41) is 14.7. The van der Waals surface area contributed by atoms with Crippen LogP contribution in [0.1, 0.15) is 55.7 Å². The molecule has 180 valence electrons. The number of phenolic OH excluding ortho intramolecular Hbond substituents is 1. The fourth-order valence-electron chi connectivity index (χ4n) is 4.74. The van der Waals surface area contributed by atoms with E-state index in [1.165, 1.54) is 67.1 Å². The minimum absolute atomic E-state index is 0.114. The topological polar surface area (TPSA) is 75.1 Å². The number of phenols is 1. The van der Waals surface area contributed by atoms with E-state index in [1.54, 1.807) is 6.20 Å². The highest BCUT2D eigenvalue weighted by atomic mass is 32.1. The Bertz CT molecular complexity index is 1250. The molecule has 0 aliphatic heterocycles. The van der Waals surface area contributed by atoms with Crippen molar-refractivity contribution in [3.63, 3.8) is 0 Å². The molecular formula is C29H31N3O2S. The van der Waals surface area contributed by atoms with E-state index in [1.807, 2.05) is 35.7 Å². The van der Waals surface area contributed by atoms with Crippen molar-refractivity contribution in [2.45, 2.75) is 51.4 Å². The Morgan fingerprint density at radius 1 is 0.943 bits per heavy atom. The summed E-state index contributed by atoms with van der Waals surface area (Å²) in [5.41, 5.74) is 5.84. The number of amides is 1. The number of aryl methyl sites for hydroxylation is 1. The standard InChI is InChI=1S/C19H22O.C10H9N3OS/c1-15-6-5-7-17(14-15)19(12-3-2-4-13-19)16-8-10-18(20)11-9-16;1-7(14)12-10-13-9(6-15-10)8-4-2-3-5-11-8/h5-11,14,20H,2-4,12-13H2,1H3;2-6H,1H3,(H,12,13,14). The number of nitrogens with zero attached hydrogens (tertiary/aromatic N) is 2. The van der Waals surface area contributed by atoms with E-state index in [0.717, 1.165) is 11.4 Å². The second kappa shape index (κ2) is 11.3. The molecular weight excluding hydrogens is 454 g/mol. The van der Waals surface area contributed by atoms with Crippen LogP contribution >= 0.6 is 11.3 Å². The molecule has 4 aromatic rings. The molecule has 0 radical (unpaired) electrons. The zero-order valence-electron chi connectivity index (χ0n) is 20.2. The highest BCUT2D eigenvalue weighted by Gasteiger charge is 2.35. The minimum Gasteiger partial charge on any atom is -0.508 e. The fourth-order valence-corrected chi connectivity index (χ4v) is 5.49. The maximum absolute atomic E-state index is 10.8. The normalized spacial score (nSPS) is 14.5. The van der Waals surface area contributed by atoms with E-state index in [-0.39, 0.29) is 11.3 Å². The van der Waals surface area contributed by atoms with Gasteiger partial charge in [-0.3, -0.25) is 9.78 Å². The number of carbonyl (C=O) groups excluding carboxylic acids is 1. The molecule has 5 nitrogen and oxygen atoms in total. The Kier molecular flexibility index (Phi) is 7.93. The van der Waals surface area contributed by atoms with Crippen LogP contribution in [0.3, 0.4) is 0 Å². The minimum atomic E-state index is -0.114. The number of hydrogen-bond donors (Lipinski definition) is 2. The molecule has 0 bridgehead atoms. The van der Waals surface area contributed by atoms with Gasteiger partial charge in [-0.1, -0.05) is 67.3 Å². The average Bonchev–Trinajstić information content (AvgIpc) is 3.34. The molecule has 0 saturated heterocycles. The second-order valence-corrected chi connectivity index (χ2v) is 9.85. The van der Waals surface area contributed by atoms with Gasteiger partial charge < -0.3 is 10.4 Å². The highest BCUT2D eigenvalue weighted by molar-refractivity contribution is 7.14. The number of aromatic hydroxyl groups is 1. The van der Waals surface area contributed by atoms with Crippen LogP contribution in [-0.4, -0.2) is 21.0 Å². The van der Waals surface area contributed by atoms with Gasteiger partial charge in [-0.05, 0) is 55.2 Å². The summed E-state index contributed by atoms with van der Waals surface area (Å²) in [6, 6.07) is 22.4. The largest absolute Gasteiger partial charge is 0.508 e. The Morgan fingerprint density at radius 3 is 2.37 bits per heavy atom. The first-order chi connectivity index (χ1) is 17.0. The molecule has 35 heavy (non-hydrogen) atoms. The maximum Gasteiger partial charge on any atom is 0.223 e. The molecule has 2 aromatic carbocycles. The molecule has 0 spiro atoms. The van der Waals surface area contributed by atoms with Crippen LogP contribution in [0.2, 0.25) is 0 Å². The van der Waals surface area contributed by atoms with Crippen molar-refractivity contribution in [2.24, 2.45) is 0 Å². The number of hydrogen-bond acceptors (Lipinski definition) is 5. The summed E-state index contributed by atoms with van der Waals surface area (Å²) >= 11 is 1.39. The quantitative estimate of drug-likeness (QED) is 0.323. The third kappa shape index (κ3) is 6.14. The molecule has 0 atom stereocenters. The zero-order chi connectivity index (χ0) is 24.7. The Balaban J connectivity index is 0.000000172. The van der Waals surface area contributed by atoms with E-state index in [4.69, 9.17) is 0 Å². The number of aromatic nitrogens is 2. The molecule has 1 amide bonds. The predicted octanol–water partition coefficient (Wildman–Crippen LogP) is 7.11. The molecule has 2 heterocycles. The van der Waals surface area contributed by atoms with Gasteiger partial charge in [0.1, 0.15) is 11.4 Å². The van der Waals surface area contributed by atoms with Crippen molar-refractivity contribution in [1.82, 2.24) is 9.97 Å². The molecule has 1 aliphatic rings. The Morgan fingerprint density at radius 2 is 1.71 bits per heavy atom. The van der Waals surface area contributed by atoms with Gasteiger partial charge in [0, 0.05) is 23.9 Å². The third-order valence-corrected chi connectivity index (χ3v) is 7.17. The lowest BCUT2D eigenvalue weighted by molar-refractivity contribution is -0.114. The molecule has 6 heteroatoms. The number of carbonyl (C=O) groups is 1. The van der Waals surface area contributed by atoms with Gasteiger partial charge in [0.15, 0.2) is 5.13 Å². The van der Waals surface area contributed by atoms with Gasteiger partial charge in [0.2, 0.25) is 5.91 Å². The van der Waals surface area contributed by atoms with Crippen LogP contribution in [-0.2, 0) is 10.2 Å². The van der Waals surface area contributed by atoms with Gasteiger partial charge in [0.25, 0.3) is 0 Å². The number of benzene rings is 2. The van der Waals surface area contributed by atoms with Crippen molar-refractivity contribution < 1.29 is 9.90 Å². The molecule has 1 aliphatic carbocycles. The van der Waals surface area contributed by atoms with Crippen LogP contribution in [0.5, 0.6) is 5.75 Å². The lowest BCUT2D eigenvalue weighted by atomic mass is 9.65. The third-order valence-electron chi connectivity index (χ3n) is 6.41. The van der Waals surface area contributed by atoms with Gasteiger partial charge in [-0.2, -0.15) is 0 Å². The molecule has 0 unspecified atom stereocenters. The van der Waals surface area contributed by atoms with E-state index >= 15 is 0 Å². The van der Waals surface area contributed by atoms with Crippen LogP contribution in [0.25, 0.3) is 11.4 Å². The van der Waals surface area contributed by atoms with Gasteiger partial charge >= 0.3 is 0 Å². The second-order valence-electron chi connectivity index (χ2n) is 8.99. The summed E-state index contributed by atoms with van der Waals surface area (Å²) in [6.07, 6.45) is 8.05. The number of thiazole rings is 1. The first kappa shape index (κ1) is 24.6. The first-order valence-electron chi connectivity index (χ1n) is 12.0. The summed E-state index contributed by atoms with van der Waals surface area (Å²) in [7, 11) is 0.